The number of ether oxygens (including phenoxy) is 1. The normalized spacial score (nSPS) is 25.6. The summed E-state index contributed by atoms with van der Waals surface area (Å²) >= 11 is 6.11. The highest BCUT2D eigenvalue weighted by molar-refractivity contribution is 6.34. The van der Waals surface area contributed by atoms with Crippen LogP contribution in [0.25, 0.3) is 11.0 Å². The number of para-hydroxylation sites is 1. The fourth-order valence-electron chi connectivity index (χ4n) is 3.89. The van der Waals surface area contributed by atoms with E-state index in [2.05, 4.69) is 5.32 Å². The molecule has 2 fully saturated rings. The average molecular weight is 380 g/mol. The number of hydrogen-bond acceptors (Lipinski definition) is 6. The van der Waals surface area contributed by atoms with Gasteiger partial charge in [0.25, 0.3) is 0 Å². The molecule has 0 spiro atoms. The van der Waals surface area contributed by atoms with E-state index in [1.165, 1.54) is 6.26 Å². The first-order valence-corrected chi connectivity index (χ1v) is 9.01. The van der Waals surface area contributed by atoms with Crippen molar-refractivity contribution < 1.29 is 28.7 Å². The van der Waals surface area contributed by atoms with Crippen molar-refractivity contribution in [3.05, 3.63) is 35.0 Å². The number of benzene rings is 1. The molecule has 0 aliphatic carbocycles. The molecule has 2 bridgehead atoms. The molecule has 138 valence electrons. The van der Waals surface area contributed by atoms with E-state index in [0.717, 1.165) is 23.8 Å². The van der Waals surface area contributed by atoms with E-state index in [4.69, 9.17) is 25.4 Å². The van der Waals surface area contributed by atoms with Crippen LogP contribution in [-0.4, -0.2) is 41.7 Å². The predicted octanol–water partition coefficient (Wildman–Crippen LogP) is 1.62. The Kier molecular flexibility index (Phi) is 4.94. The summed E-state index contributed by atoms with van der Waals surface area (Å²) in [6.45, 7) is 0. The van der Waals surface area contributed by atoms with Crippen molar-refractivity contribution in [1.29, 1.82) is 0 Å². The van der Waals surface area contributed by atoms with Crippen LogP contribution in [0.5, 0.6) is 0 Å². The van der Waals surface area contributed by atoms with Gasteiger partial charge in [-0.1, -0.05) is 23.7 Å². The quantitative estimate of drug-likeness (QED) is 0.521. The molecule has 26 heavy (non-hydrogen) atoms. The van der Waals surface area contributed by atoms with E-state index >= 15 is 0 Å². The second-order valence-electron chi connectivity index (χ2n) is 6.76. The maximum atomic E-state index is 12.6. The third-order valence-electron chi connectivity index (χ3n) is 5.07. The van der Waals surface area contributed by atoms with Crippen molar-refractivity contribution in [2.24, 2.45) is 5.92 Å². The van der Waals surface area contributed by atoms with Gasteiger partial charge in [-0.2, -0.15) is 0 Å². The van der Waals surface area contributed by atoms with Crippen molar-refractivity contribution in [2.75, 3.05) is 0 Å². The van der Waals surface area contributed by atoms with Gasteiger partial charge in [-0.05, 0) is 25.3 Å². The lowest BCUT2D eigenvalue weighted by Gasteiger charge is -2.23. The molecule has 2 saturated heterocycles. The summed E-state index contributed by atoms with van der Waals surface area (Å²) in [5.41, 5.74) is 1.29. The Morgan fingerprint density at radius 3 is 2.96 bits per heavy atom. The average Bonchev–Trinajstić information content (AvgIpc) is 3.30. The summed E-state index contributed by atoms with van der Waals surface area (Å²) < 4.78 is 16.3. The first kappa shape index (κ1) is 17.8. The van der Waals surface area contributed by atoms with Crippen LogP contribution in [0.1, 0.15) is 24.8 Å². The first-order valence-electron chi connectivity index (χ1n) is 8.63. The van der Waals surface area contributed by atoms with E-state index in [1.54, 1.807) is 12.1 Å². The standard InChI is InChI=1S/C17H19BClNO6/c19-13-3-1-2-11-9(8-24-16(11)13)6-15(26-18(22)23)20-17(21)12-7-10-4-5-14(12)25-10/h1-3,8,10,12,14-15,22-23H,4-7H2,(H,20,21)/t10-,12-,14+,15-/m1/s1. The van der Waals surface area contributed by atoms with Crippen molar-refractivity contribution in [1.82, 2.24) is 5.32 Å². The van der Waals surface area contributed by atoms with Gasteiger partial charge in [0.15, 0.2) is 5.58 Å². The molecule has 2 aliphatic rings. The second-order valence-corrected chi connectivity index (χ2v) is 7.16. The van der Waals surface area contributed by atoms with Gasteiger partial charge in [0.05, 0.1) is 29.4 Å². The summed E-state index contributed by atoms with van der Waals surface area (Å²) in [7, 11) is -2.00. The summed E-state index contributed by atoms with van der Waals surface area (Å²) in [6, 6.07) is 5.36. The summed E-state index contributed by atoms with van der Waals surface area (Å²) in [5, 5.41) is 22.4. The van der Waals surface area contributed by atoms with Gasteiger partial charge in [-0.3, -0.25) is 4.79 Å². The SMILES string of the molecule is O=C(N[C@@H](Cc1coc2c(Cl)cccc12)OB(O)O)[C@@H]1C[C@H]2CC[C@@H]1O2. The number of carbonyl (C=O) groups excluding carboxylic acids is 1. The van der Waals surface area contributed by atoms with Crippen LogP contribution in [0, 0.1) is 5.92 Å². The van der Waals surface area contributed by atoms with Gasteiger partial charge < -0.3 is 29.2 Å². The Morgan fingerprint density at radius 2 is 2.27 bits per heavy atom. The molecule has 2 aromatic rings. The molecule has 2 aliphatic heterocycles. The Hall–Kier alpha value is -1.58. The Bertz CT molecular complexity index is 812. The molecule has 1 aromatic carbocycles. The number of nitrogens with one attached hydrogen (secondary N) is 1. The van der Waals surface area contributed by atoms with Gasteiger partial charge in [-0.25, -0.2) is 0 Å². The van der Waals surface area contributed by atoms with Crippen LogP contribution in [0.3, 0.4) is 0 Å². The van der Waals surface area contributed by atoms with Crippen molar-refractivity contribution in [3.8, 4) is 0 Å². The molecule has 1 amide bonds. The molecular formula is C17H19BClNO6. The van der Waals surface area contributed by atoms with Crippen molar-refractivity contribution >= 4 is 35.8 Å². The molecule has 3 N–H and O–H groups in total. The molecule has 9 heteroatoms. The third kappa shape index (κ3) is 3.48. The number of halogens is 1. The summed E-state index contributed by atoms with van der Waals surface area (Å²) in [6.07, 6.45) is 3.47. The highest BCUT2D eigenvalue weighted by atomic mass is 35.5. The zero-order valence-corrected chi connectivity index (χ0v) is 14.7. The predicted molar refractivity (Wildman–Crippen MR) is 94.1 cm³/mol. The van der Waals surface area contributed by atoms with Crippen LogP contribution >= 0.6 is 11.6 Å². The number of rotatable bonds is 6. The molecule has 0 unspecified atom stereocenters. The molecule has 0 radical (unpaired) electrons. The minimum atomic E-state index is -2.00. The lowest BCUT2D eigenvalue weighted by atomic mass is 9.88. The zero-order valence-electron chi connectivity index (χ0n) is 13.9. The second kappa shape index (κ2) is 7.21. The summed E-state index contributed by atoms with van der Waals surface area (Å²) in [4.78, 5) is 12.6. The number of amides is 1. The summed E-state index contributed by atoms with van der Waals surface area (Å²) in [5.74, 6) is -0.431. The molecule has 4 rings (SSSR count). The molecular weight excluding hydrogens is 360 g/mol. The van der Waals surface area contributed by atoms with Crippen LogP contribution in [0.15, 0.2) is 28.9 Å². The van der Waals surface area contributed by atoms with Gasteiger partial charge in [0, 0.05) is 17.4 Å². The Balaban J connectivity index is 1.49. The maximum Gasteiger partial charge on any atom is 0.635 e. The van der Waals surface area contributed by atoms with E-state index in [-0.39, 0.29) is 30.5 Å². The van der Waals surface area contributed by atoms with E-state index < -0.39 is 13.5 Å². The number of carbonyl (C=O) groups is 1. The van der Waals surface area contributed by atoms with Crippen molar-refractivity contribution in [2.45, 2.75) is 44.1 Å². The minimum Gasteiger partial charge on any atom is -0.462 e. The Labute approximate surface area is 155 Å². The van der Waals surface area contributed by atoms with E-state index in [0.29, 0.717) is 17.0 Å². The van der Waals surface area contributed by atoms with Crippen LogP contribution in [-0.2, 0) is 20.6 Å². The zero-order chi connectivity index (χ0) is 18.3. The monoisotopic (exact) mass is 379 g/mol. The smallest absolute Gasteiger partial charge is 0.462 e. The van der Waals surface area contributed by atoms with E-state index in [1.807, 2.05) is 6.07 Å². The van der Waals surface area contributed by atoms with Crippen LogP contribution < -0.4 is 5.32 Å². The van der Waals surface area contributed by atoms with Gasteiger partial charge in [0.1, 0.15) is 6.23 Å². The highest BCUT2D eigenvalue weighted by Crippen LogP contribution is 2.39. The molecule has 4 atom stereocenters. The highest BCUT2D eigenvalue weighted by Gasteiger charge is 2.44. The topological polar surface area (TPSA) is 101 Å². The molecule has 0 saturated carbocycles. The van der Waals surface area contributed by atoms with Gasteiger partial charge in [-0.15, -0.1) is 0 Å². The van der Waals surface area contributed by atoms with Crippen LogP contribution in [0.4, 0.5) is 0 Å². The molecule has 1 aromatic heterocycles. The van der Waals surface area contributed by atoms with E-state index in [9.17, 15) is 14.8 Å². The maximum absolute atomic E-state index is 12.6. The number of hydrogen-bond donors (Lipinski definition) is 3. The van der Waals surface area contributed by atoms with Crippen LogP contribution in [0.2, 0.25) is 5.02 Å². The molecule has 7 nitrogen and oxygen atoms in total. The minimum absolute atomic E-state index is 0.0618. The Morgan fingerprint density at radius 1 is 1.42 bits per heavy atom. The lowest BCUT2D eigenvalue weighted by Crippen LogP contribution is -2.46. The molecule has 3 heterocycles. The lowest BCUT2D eigenvalue weighted by molar-refractivity contribution is -0.129. The number of furan rings is 1. The number of fused-ring (bicyclic) bond motifs is 3. The fraction of sp³-hybridized carbons (Fsp3) is 0.471. The van der Waals surface area contributed by atoms with Crippen molar-refractivity contribution in [3.63, 3.8) is 0 Å². The third-order valence-corrected chi connectivity index (χ3v) is 5.37. The fourth-order valence-corrected chi connectivity index (χ4v) is 4.11. The van der Waals surface area contributed by atoms with Gasteiger partial charge in [0.2, 0.25) is 5.91 Å². The largest absolute Gasteiger partial charge is 0.635 e. The first-order chi connectivity index (χ1) is 12.5. The van der Waals surface area contributed by atoms with Gasteiger partial charge >= 0.3 is 7.32 Å².